The van der Waals surface area contributed by atoms with Crippen LogP contribution in [0.5, 0.6) is 5.75 Å². The lowest BCUT2D eigenvalue weighted by atomic mass is 10.0. The minimum Gasteiger partial charge on any atom is -0.489 e. The van der Waals surface area contributed by atoms with Crippen molar-refractivity contribution < 1.29 is 18.7 Å². The molecule has 0 bridgehead atoms. The quantitative estimate of drug-likeness (QED) is 0.813. The van der Waals surface area contributed by atoms with Crippen molar-refractivity contribution in [3.05, 3.63) is 52.8 Å². The van der Waals surface area contributed by atoms with Crippen LogP contribution in [-0.4, -0.2) is 31.3 Å². The molecule has 1 amide bonds. The number of nitrogens with one attached hydrogen (secondary N) is 2. The van der Waals surface area contributed by atoms with Crippen molar-refractivity contribution in [3.8, 4) is 5.75 Å². The number of hydrogen-bond acceptors (Lipinski definition) is 4. The van der Waals surface area contributed by atoms with Crippen LogP contribution in [0.15, 0.2) is 36.4 Å². The summed E-state index contributed by atoms with van der Waals surface area (Å²) in [5.74, 6) is -0.178. The van der Waals surface area contributed by atoms with E-state index in [-0.39, 0.29) is 16.5 Å². The molecule has 0 saturated heterocycles. The minimum atomic E-state index is -0.534. The lowest BCUT2D eigenvalue weighted by Crippen LogP contribution is -2.48. The maximum absolute atomic E-state index is 13.2. The molecule has 1 heterocycles. The highest BCUT2D eigenvalue weighted by molar-refractivity contribution is 6.31. The molecular formula is C19H20ClFN2O3. The highest BCUT2D eigenvalue weighted by atomic mass is 35.5. The Hall–Kier alpha value is -2.31. The van der Waals surface area contributed by atoms with Gasteiger partial charge in [0, 0.05) is 17.9 Å². The van der Waals surface area contributed by atoms with Gasteiger partial charge in [0.25, 0.3) is 5.91 Å². The Bertz CT molecular complexity index is 830. The maximum Gasteiger partial charge on any atom is 0.255 e. The van der Waals surface area contributed by atoms with Crippen molar-refractivity contribution in [1.82, 2.24) is 0 Å². The zero-order valence-corrected chi connectivity index (χ0v) is 15.3. The Kier molecular flexibility index (Phi) is 5.34. The van der Waals surface area contributed by atoms with Crippen LogP contribution in [0, 0.1) is 5.82 Å². The van der Waals surface area contributed by atoms with Gasteiger partial charge in [0.05, 0.1) is 22.9 Å². The number of rotatable bonds is 5. The third-order valence-electron chi connectivity index (χ3n) is 4.03. The van der Waals surface area contributed by atoms with E-state index in [1.54, 1.807) is 18.2 Å². The van der Waals surface area contributed by atoms with Crippen LogP contribution in [0.3, 0.4) is 0 Å². The van der Waals surface area contributed by atoms with Gasteiger partial charge in [-0.3, -0.25) is 4.79 Å². The number of carbonyl (C=O) groups excluding carboxylic acids is 1. The number of ether oxygens (including phenoxy) is 2. The van der Waals surface area contributed by atoms with E-state index < -0.39 is 5.82 Å². The molecule has 2 aromatic rings. The molecule has 2 aromatic carbocycles. The molecule has 7 heteroatoms. The van der Waals surface area contributed by atoms with E-state index in [1.165, 1.54) is 18.2 Å². The molecule has 0 radical (unpaired) electrons. The average Bonchev–Trinajstić information content (AvgIpc) is 2.62. The van der Waals surface area contributed by atoms with Crippen LogP contribution in [0.25, 0.3) is 0 Å². The molecular weight excluding hydrogens is 359 g/mol. The standard InChI is InChI=1S/C19H20ClFN2O3/c1-3-25-10-19(2)11-26-17-7-4-12(8-16(17)23-19)18(24)22-13-5-6-15(21)14(20)9-13/h4-9,23H,3,10-11H2,1-2H3,(H,22,24). The summed E-state index contributed by atoms with van der Waals surface area (Å²) in [6.45, 7) is 5.52. The molecule has 0 fully saturated rings. The maximum atomic E-state index is 13.2. The number of hydrogen-bond donors (Lipinski definition) is 2. The van der Waals surface area contributed by atoms with E-state index in [0.29, 0.717) is 36.8 Å². The van der Waals surface area contributed by atoms with Crippen LogP contribution in [0.1, 0.15) is 24.2 Å². The predicted octanol–water partition coefficient (Wildman–Crippen LogP) is 4.33. The second-order valence-corrected chi connectivity index (χ2v) is 6.81. The molecule has 3 rings (SSSR count). The first-order valence-corrected chi connectivity index (χ1v) is 8.67. The van der Waals surface area contributed by atoms with Gasteiger partial charge in [0.15, 0.2) is 0 Å². The van der Waals surface area contributed by atoms with E-state index >= 15 is 0 Å². The Labute approximate surface area is 156 Å². The Morgan fingerprint density at radius 2 is 2.19 bits per heavy atom. The van der Waals surface area contributed by atoms with E-state index in [2.05, 4.69) is 10.6 Å². The first-order valence-electron chi connectivity index (χ1n) is 8.29. The van der Waals surface area contributed by atoms with Crippen molar-refractivity contribution in [3.63, 3.8) is 0 Å². The summed E-state index contributed by atoms with van der Waals surface area (Å²) in [6.07, 6.45) is 0. The van der Waals surface area contributed by atoms with Crippen LogP contribution in [-0.2, 0) is 4.74 Å². The van der Waals surface area contributed by atoms with Gasteiger partial charge < -0.3 is 20.1 Å². The number of benzene rings is 2. The monoisotopic (exact) mass is 378 g/mol. The van der Waals surface area contributed by atoms with Gasteiger partial charge in [-0.1, -0.05) is 11.6 Å². The summed E-state index contributed by atoms with van der Waals surface area (Å²) >= 11 is 5.75. The molecule has 1 atom stereocenters. The Morgan fingerprint density at radius 3 is 2.92 bits per heavy atom. The smallest absolute Gasteiger partial charge is 0.255 e. The fraction of sp³-hybridized carbons (Fsp3) is 0.316. The summed E-state index contributed by atoms with van der Waals surface area (Å²) in [5.41, 5.74) is 1.22. The second-order valence-electron chi connectivity index (χ2n) is 6.41. The molecule has 0 saturated carbocycles. The van der Waals surface area contributed by atoms with Gasteiger partial charge >= 0.3 is 0 Å². The lowest BCUT2D eigenvalue weighted by molar-refractivity contribution is 0.0808. The summed E-state index contributed by atoms with van der Waals surface area (Å²) < 4.78 is 24.5. The number of halogens is 2. The van der Waals surface area contributed by atoms with Crippen LogP contribution in [0.4, 0.5) is 15.8 Å². The molecule has 1 aliphatic heterocycles. The van der Waals surface area contributed by atoms with Crippen molar-refractivity contribution in [2.45, 2.75) is 19.4 Å². The molecule has 1 unspecified atom stereocenters. The summed E-state index contributed by atoms with van der Waals surface area (Å²) in [7, 11) is 0. The zero-order valence-electron chi connectivity index (χ0n) is 14.6. The molecule has 0 aliphatic carbocycles. The number of carbonyl (C=O) groups is 1. The van der Waals surface area contributed by atoms with E-state index in [4.69, 9.17) is 21.1 Å². The predicted molar refractivity (Wildman–Crippen MR) is 99.8 cm³/mol. The fourth-order valence-electron chi connectivity index (χ4n) is 2.68. The molecule has 5 nitrogen and oxygen atoms in total. The summed E-state index contributed by atoms with van der Waals surface area (Å²) in [5, 5.41) is 6.04. The summed E-state index contributed by atoms with van der Waals surface area (Å²) in [4.78, 5) is 12.5. The average molecular weight is 379 g/mol. The van der Waals surface area contributed by atoms with Crippen LogP contribution >= 0.6 is 11.6 Å². The second kappa shape index (κ2) is 7.51. The number of fused-ring (bicyclic) bond motifs is 1. The third kappa shape index (κ3) is 4.08. The molecule has 2 N–H and O–H groups in total. The van der Waals surface area contributed by atoms with E-state index in [0.717, 1.165) is 5.69 Å². The van der Waals surface area contributed by atoms with Gasteiger partial charge in [-0.05, 0) is 50.2 Å². The van der Waals surface area contributed by atoms with E-state index in [1.807, 2.05) is 13.8 Å². The number of anilines is 2. The Morgan fingerprint density at radius 1 is 1.38 bits per heavy atom. The molecule has 0 spiro atoms. The van der Waals surface area contributed by atoms with Gasteiger partial charge in [-0.15, -0.1) is 0 Å². The van der Waals surface area contributed by atoms with E-state index in [9.17, 15) is 9.18 Å². The molecule has 138 valence electrons. The Balaban J connectivity index is 1.76. The zero-order chi connectivity index (χ0) is 18.7. The highest BCUT2D eigenvalue weighted by Gasteiger charge is 2.31. The molecule has 26 heavy (non-hydrogen) atoms. The normalized spacial score (nSPS) is 18.5. The highest BCUT2D eigenvalue weighted by Crippen LogP contribution is 2.33. The van der Waals surface area contributed by atoms with Crippen molar-refractivity contribution in [1.29, 1.82) is 0 Å². The van der Waals surface area contributed by atoms with Crippen LogP contribution in [0.2, 0.25) is 5.02 Å². The first kappa shape index (κ1) is 18.5. The largest absolute Gasteiger partial charge is 0.489 e. The van der Waals surface area contributed by atoms with Gasteiger partial charge in [-0.2, -0.15) is 0 Å². The van der Waals surface area contributed by atoms with Gasteiger partial charge in [-0.25, -0.2) is 4.39 Å². The van der Waals surface area contributed by atoms with Gasteiger partial charge in [0.1, 0.15) is 18.2 Å². The van der Waals surface area contributed by atoms with Crippen molar-refractivity contribution in [2.24, 2.45) is 0 Å². The topological polar surface area (TPSA) is 59.6 Å². The van der Waals surface area contributed by atoms with Crippen LogP contribution < -0.4 is 15.4 Å². The lowest BCUT2D eigenvalue weighted by Gasteiger charge is -2.36. The minimum absolute atomic E-state index is 0.0463. The molecule has 1 aliphatic rings. The van der Waals surface area contributed by atoms with Crippen molar-refractivity contribution in [2.75, 3.05) is 30.5 Å². The molecule has 0 aromatic heterocycles. The first-order chi connectivity index (χ1) is 12.4. The van der Waals surface area contributed by atoms with Crippen molar-refractivity contribution >= 4 is 28.9 Å². The number of amides is 1. The third-order valence-corrected chi connectivity index (χ3v) is 4.32. The summed E-state index contributed by atoms with van der Waals surface area (Å²) in [6, 6.07) is 9.17. The fourth-order valence-corrected chi connectivity index (χ4v) is 2.86. The SMILES string of the molecule is CCOCC1(C)COc2ccc(C(=O)Nc3ccc(F)c(Cl)c3)cc2N1. The van der Waals surface area contributed by atoms with Gasteiger partial charge in [0.2, 0.25) is 0 Å².